The number of carbonyl (C=O) groups is 3. The molecule has 0 saturated carbocycles. The fraction of sp³-hybridized carbons (Fsp3) is 0.150. The lowest BCUT2D eigenvalue weighted by Gasteiger charge is -2.15. The van der Waals surface area contributed by atoms with Gasteiger partial charge in [0.05, 0.1) is 12.7 Å². The van der Waals surface area contributed by atoms with E-state index in [9.17, 15) is 14.4 Å². The quantitative estimate of drug-likeness (QED) is 0.578. The third kappa shape index (κ3) is 3.98. The highest BCUT2D eigenvalue weighted by Crippen LogP contribution is 2.19. The van der Waals surface area contributed by atoms with Crippen LogP contribution in [0.4, 0.5) is 0 Å². The normalized spacial score (nSPS) is 11.7. The third-order valence-corrected chi connectivity index (χ3v) is 4.29. The topological polar surface area (TPSA) is 114 Å². The molecule has 0 fully saturated rings. The van der Waals surface area contributed by atoms with Gasteiger partial charge in [-0.25, -0.2) is 4.79 Å². The molecule has 0 aliphatic heterocycles. The highest BCUT2D eigenvalue weighted by Gasteiger charge is 2.21. The molecule has 7 nitrogen and oxygen atoms in total. The number of rotatable bonds is 6. The molecule has 7 heteroatoms. The second-order valence-corrected chi connectivity index (χ2v) is 6.06. The van der Waals surface area contributed by atoms with E-state index >= 15 is 0 Å². The van der Waals surface area contributed by atoms with Crippen molar-refractivity contribution in [1.29, 1.82) is 0 Å². The molecule has 4 N–H and O–H groups in total. The molecule has 0 unspecified atom stereocenters. The van der Waals surface area contributed by atoms with E-state index < -0.39 is 23.8 Å². The molecule has 0 aliphatic rings. The maximum atomic E-state index is 12.5. The molecule has 1 aromatic heterocycles. The van der Waals surface area contributed by atoms with Crippen LogP contribution in [0.5, 0.6) is 0 Å². The van der Waals surface area contributed by atoms with Gasteiger partial charge in [-0.3, -0.25) is 9.59 Å². The number of nitrogens with two attached hydrogens (primary N) is 1. The summed E-state index contributed by atoms with van der Waals surface area (Å²) in [6.45, 7) is 0. The predicted octanol–water partition coefficient (Wildman–Crippen LogP) is 1.78. The highest BCUT2D eigenvalue weighted by atomic mass is 16.5. The van der Waals surface area contributed by atoms with Gasteiger partial charge in [-0.1, -0.05) is 24.3 Å². The minimum Gasteiger partial charge on any atom is -0.465 e. The van der Waals surface area contributed by atoms with Crippen molar-refractivity contribution in [1.82, 2.24) is 10.3 Å². The average molecular weight is 365 g/mol. The van der Waals surface area contributed by atoms with Crippen LogP contribution in [0.25, 0.3) is 10.9 Å². The molecule has 3 rings (SSSR count). The lowest BCUT2D eigenvalue weighted by Crippen LogP contribution is -2.45. The van der Waals surface area contributed by atoms with Crippen LogP contribution in [0, 0.1) is 0 Å². The number of amides is 2. The van der Waals surface area contributed by atoms with E-state index in [1.807, 2.05) is 24.3 Å². The first-order chi connectivity index (χ1) is 13.0. The summed E-state index contributed by atoms with van der Waals surface area (Å²) < 4.78 is 4.65. The zero-order chi connectivity index (χ0) is 19.4. The molecule has 1 atom stereocenters. The lowest BCUT2D eigenvalue weighted by atomic mass is 10.0. The lowest BCUT2D eigenvalue weighted by molar-refractivity contribution is -0.119. The molecular formula is C20H19N3O4. The summed E-state index contributed by atoms with van der Waals surface area (Å²) in [7, 11) is 1.26. The van der Waals surface area contributed by atoms with Crippen LogP contribution < -0.4 is 11.1 Å². The first kappa shape index (κ1) is 18.2. The van der Waals surface area contributed by atoms with E-state index in [-0.39, 0.29) is 17.5 Å². The van der Waals surface area contributed by atoms with Crippen LogP contribution in [0.2, 0.25) is 0 Å². The number of hydrogen-bond donors (Lipinski definition) is 3. The predicted molar refractivity (Wildman–Crippen MR) is 100 cm³/mol. The summed E-state index contributed by atoms with van der Waals surface area (Å²) in [6, 6.07) is 12.8. The Morgan fingerprint density at radius 2 is 1.85 bits per heavy atom. The minimum atomic E-state index is -0.890. The first-order valence-electron chi connectivity index (χ1n) is 8.33. The average Bonchev–Trinajstić information content (AvgIpc) is 3.09. The molecule has 0 spiro atoms. The number of aromatic amines is 1. The van der Waals surface area contributed by atoms with Gasteiger partial charge in [0.2, 0.25) is 5.91 Å². The smallest absolute Gasteiger partial charge is 0.337 e. The molecular weight excluding hydrogens is 346 g/mol. The number of fused-ring (bicyclic) bond motifs is 1. The Morgan fingerprint density at radius 3 is 2.59 bits per heavy atom. The van der Waals surface area contributed by atoms with E-state index in [0.29, 0.717) is 0 Å². The van der Waals surface area contributed by atoms with Gasteiger partial charge in [0, 0.05) is 29.1 Å². The number of ether oxygens (including phenoxy) is 1. The summed E-state index contributed by atoms with van der Waals surface area (Å²) >= 11 is 0. The zero-order valence-electron chi connectivity index (χ0n) is 14.7. The van der Waals surface area contributed by atoms with E-state index in [4.69, 9.17) is 5.73 Å². The van der Waals surface area contributed by atoms with E-state index in [1.165, 1.54) is 13.2 Å². The second-order valence-electron chi connectivity index (χ2n) is 6.06. The molecule has 1 heterocycles. The summed E-state index contributed by atoms with van der Waals surface area (Å²) in [5, 5.41) is 3.60. The van der Waals surface area contributed by atoms with Crippen LogP contribution in [-0.4, -0.2) is 35.9 Å². The fourth-order valence-corrected chi connectivity index (χ4v) is 2.89. The van der Waals surface area contributed by atoms with Crippen molar-refractivity contribution in [2.24, 2.45) is 5.73 Å². The van der Waals surface area contributed by atoms with E-state index in [0.717, 1.165) is 16.5 Å². The molecule has 138 valence electrons. The summed E-state index contributed by atoms with van der Waals surface area (Å²) in [6.07, 6.45) is 2.05. The summed E-state index contributed by atoms with van der Waals surface area (Å²) in [4.78, 5) is 39.2. The maximum absolute atomic E-state index is 12.5. The van der Waals surface area contributed by atoms with Crippen molar-refractivity contribution in [3.05, 3.63) is 71.4 Å². The Kier molecular flexibility index (Phi) is 5.21. The Hall–Kier alpha value is -3.61. The van der Waals surface area contributed by atoms with E-state index in [1.54, 1.807) is 24.4 Å². The number of methoxy groups -OCH3 is 1. The molecule has 0 radical (unpaired) electrons. The standard InChI is InChI=1S/C20H19N3O4/c1-27-20(26)13-6-4-5-12(9-13)19(25)23-17(18(21)24)10-14-11-22-16-8-3-2-7-15(14)16/h2-9,11,17,22H,10H2,1H3,(H2,21,24)(H,23,25)/t17-/m0/s1. The van der Waals surface area contributed by atoms with Crippen LogP contribution in [0.3, 0.4) is 0 Å². The van der Waals surface area contributed by atoms with Crippen LogP contribution in [0.15, 0.2) is 54.7 Å². The molecule has 0 aliphatic carbocycles. The Bertz CT molecular complexity index is 1010. The molecule has 2 amide bonds. The van der Waals surface area contributed by atoms with Crippen LogP contribution in [0.1, 0.15) is 26.3 Å². The number of nitrogens with one attached hydrogen (secondary N) is 2. The number of H-pyrrole nitrogens is 1. The van der Waals surface area contributed by atoms with Gasteiger partial charge >= 0.3 is 5.97 Å². The SMILES string of the molecule is COC(=O)c1cccc(C(=O)N[C@@H](Cc2c[nH]c3ccccc23)C(N)=O)c1. The van der Waals surface area contributed by atoms with Crippen LogP contribution >= 0.6 is 0 Å². The van der Waals surface area contributed by atoms with Crippen molar-refractivity contribution in [3.63, 3.8) is 0 Å². The van der Waals surface area contributed by atoms with Gasteiger partial charge in [-0.05, 0) is 29.8 Å². The fourth-order valence-electron chi connectivity index (χ4n) is 2.89. The number of aromatic nitrogens is 1. The minimum absolute atomic E-state index is 0.239. The Labute approximate surface area is 155 Å². The highest BCUT2D eigenvalue weighted by molar-refractivity contribution is 6.00. The Balaban J connectivity index is 1.79. The van der Waals surface area contributed by atoms with Gasteiger partial charge < -0.3 is 20.8 Å². The molecule has 0 saturated heterocycles. The molecule has 27 heavy (non-hydrogen) atoms. The van der Waals surface area contributed by atoms with Crippen molar-refractivity contribution < 1.29 is 19.1 Å². The van der Waals surface area contributed by atoms with Gasteiger partial charge in [0.1, 0.15) is 6.04 Å². The van der Waals surface area contributed by atoms with Gasteiger partial charge in [0.25, 0.3) is 5.91 Å². The molecule has 2 aromatic carbocycles. The number of para-hydroxylation sites is 1. The third-order valence-electron chi connectivity index (χ3n) is 4.29. The van der Waals surface area contributed by atoms with Gasteiger partial charge in [0.15, 0.2) is 0 Å². The van der Waals surface area contributed by atoms with Crippen molar-refractivity contribution in [2.45, 2.75) is 12.5 Å². The van der Waals surface area contributed by atoms with E-state index in [2.05, 4.69) is 15.0 Å². The number of hydrogen-bond acceptors (Lipinski definition) is 4. The number of carbonyl (C=O) groups excluding carboxylic acids is 3. The van der Waals surface area contributed by atoms with Crippen molar-refractivity contribution >= 4 is 28.7 Å². The van der Waals surface area contributed by atoms with Crippen molar-refractivity contribution in [2.75, 3.05) is 7.11 Å². The van der Waals surface area contributed by atoms with Crippen molar-refractivity contribution in [3.8, 4) is 0 Å². The molecule has 0 bridgehead atoms. The van der Waals surface area contributed by atoms with Gasteiger partial charge in [-0.2, -0.15) is 0 Å². The zero-order valence-corrected chi connectivity index (χ0v) is 14.7. The maximum Gasteiger partial charge on any atom is 0.337 e. The first-order valence-corrected chi connectivity index (χ1v) is 8.33. The second kappa shape index (κ2) is 7.74. The molecule has 3 aromatic rings. The number of primary amides is 1. The number of benzene rings is 2. The largest absolute Gasteiger partial charge is 0.465 e. The summed E-state index contributed by atoms with van der Waals surface area (Å²) in [5.74, 6) is -1.68. The monoisotopic (exact) mass is 365 g/mol. The van der Waals surface area contributed by atoms with Gasteiger partial charge in [-0.15, -0.1) is 0 Å². The number of esters is 1. The Morgan fingerprint density at radius 1 is 1.11 bits per heavy atom. The van der Waals surface area contributed by atoms with Crippen LogP contribution in [-0.2, 0) is 16.0 Å². The summed E-state index contributed by atoms with van der Waals surface area (Å²) in [5.41, 5.74) is 7.78.